The summed E-state index contributed by atoms with van der Waals surface area (Å²) in [5.74, 6) is 0.193. The summed E-state index contributed by atoms with van der Waals surface area (Å²) in [5.41, 5.74) is 1.39. The third-order valence-electron chi connectivity index (χ3n) is 4.93. The summed E-state index contributed by atoms with van der Waals surface area (Å²) < 4.78 is 0. The average Bonchev–Trinajstić information content (AvgIpc) is 2.82. The van der Waals surface area contributed by atoms with E-state index in [2.05, 4.69) is 4.98 Å². The number of carbonyl (C=O) groups is 3. The average molecular weight is 358 g/mol. The molecule has 2 aliphatic rings. The van der Waals surface area contributed by atoms with Gasteiger partial charge in [0.25, 0.3) is 5.91 Å². The summed E-state index contributed by atoms with van der Waals surface area (Å²) in [5, 5.41) is 0. The van der Waals surface area contributed by atoms with E-state index in [0.29, 0.717) is 44.1 Å². The summed E-state index contributed by atoms with van der Waals surface area (Å²) in [6.07, 6.45) is 2.06. The molecule has 3 amide bonds. The fourth-order valence-corrected chi connectivity index (χ4v) is 3.60. The molecule has 1 aromatic rings. The Labute approximate surface area is 154 Å². The molecule has 1 unspecified atom stereocenters. The highest BCUT2D eigenvalue weighted by molar-refractivity contribution is 5.96. The van der Waals surface area contributed by atoms with E-state index in [9.17, 15) is 14.4 Å². The van der Waals surface area contributed by atoms with Gasteiger partial charge in [-0.25, -0.2) is 0 Å². The zero-order valence-electron chi connectivity index (χ0n) is 15.6. The Morgan fingerprint density at radius 2 is 2.00 bits per heavy atom. The number of pyridine rings is 1. The number of aryl methyl sites for hydroxylation is 1. The van der Waals surface area contributed by atoms with Crippen molar-refractivity contribution in [2.24, 2.45) is 5.92 Å². The molecule has 1 aromatic heterocycles. The van der Waals surface area contributed by atoms with Crippen molar-refractivity contribution in [3.8, 4) is 0 Å². The molecule has 0 spiro atoms. The van der Waals surface area contributed by atoms with E-state index in [1.165, 1.54) is 0 Å². The van der Waals surface area contributed by atoms with Crippen LogP contribution in [0.4, 0.5) is 0 Å². The van der Waals surface area contributed by atoms with Crippen LogP contribution >= 0.6 is 0 Å². The SMILES string of the molecule is Cc1ccc(C(=O)N2CCC3C(=O)N(CC(C)C)CC(=O)N3CC2)cn1. The molecule has 0 N–H and O–H groups in total. The Balaban J connectivity index is 1.72. The minimum Gasteiger partial charge on any atom is -0.337 e. The zero-order valence-corrected chi connectivity index (χ0v) is 15.6. The van der Waals surface area contributed by atoms with E-state index in [1.54, 1.807) is 27.0 Å². The first-order valence-corrected chi connectivity index (χ1v) is 9.17. The number of aromatic nitrogens is 1. The van der Waals surface area contributed by atoms with E-state index in [0.717, 1.165) is 5.69 Å². The Morgan fingerprint density at radius 3 is 2.65 bits per heavy atom. The summed E-state index contributed by atoms with van der Waals surface area (Å²) in [6.45, 7) is 7.97. The monoisotopic (exact) mass is 358 g/mol. The Kier molecular flexibility index (Phi) is 5.25. The smallest absolute Gasteiger partial charge is 0.255 e. The molecule has 0 bridgehead atoms. The Bertz CT molecular complexity index is 701. The van der Waals surface area contributed by atoms with Gasteiger partial charge in [0.1, 0.15) is 6.04 Å². The van der Waals surface area contributed by atoms with Gasteiger partial charge in [0.05, 0.1) is 12.1 Å². The van der Waals surface area contributed by atoms with Crippen molar-refractivity contribution in [2.75, 3.05) is 32.7 Å². The summed E-state index contributed by atoms with van der Waals surface area (Å²) in [4.78, 5) is 47.3. The molecule has 2 saturated heterocycles. The molecule has 7 heteroatoms. The second-order valence-electron chi connectivity index (χ2n) is 7.48. The molecule has 7 nitrogen and oxygen atoms in total. The van der Waals surface area contributed by atoms with E-state index in [4.69, 9.17) is 0 Å². The van der Waals surface area contributed by atoms with Crippen LogP contribution in [0.2, 0.25) is 0 Å². The van der Waals surface area contributed by atoms with Gasteiger partial charge in [0.15, 0.2) is 0 Å². The van der Waals surface area contributed by atoms with Gasteiger partial charge in [-0.3, -0.25) is 19.4 Å². The number of rotatable bonds is 3. The fraction of sp³-hybridized carbons (Fsp3) is 0.579. The second kappa shape index (κ2) is 7.43. The number of carbonyl (C=O) groups excluding carboxylic acids is 3. The van der Waals surface area contributed by atoms with Crippen LogP contribution in [0.3, 0.4) is 0 Å². The highest BCUT2D eigenvalue weighted by Crippen LogP contribution is 2.21. The molecule has 0 saturated carbocycles. The van der Waals surface area contributed by atoms with Crippen LogP contribution in [0.15, 0.2) is 18.3 Å². The van der Waals surface area contributed by atoms with Crippen LogP contribution in [0.5, 0.6) is 0 Å². The molecule has 2 fully saturated rings. The van der Waals surface area contributed by atoms with Crippen molar-refractivity contribution in [2.45, 2.75) is 33.2 Å². The Morgan fingerprint density at radius 1 is 1.23 bits per heavy atom. The standard InChI is InChI=1S/C19H26N4O3/c1-13(2)11-22-12-17(24)23-9-8-21(7-6-16(23)19(22)26)18(25)15-5-4-14(3)20-10-15/h4-5,10,13,16H,6-9,11-12H2,1-3H3. The summed E-state index contributed by atoms with van der Waals surface area (Å²) in [7, 11) is 0. The minimum atomic E-state index is -0.455. The maximum atomic E-state index is 12.8. The number of hydrogen-bond donors (Lipinski definition) is 0. The first-order valence-electron chi connectivity index (χ1n) is 9.17. The molecule has 3 heterocycles. The largest absolute Gasteiger partial charge is 0.337 e. The molecule has 0 aromatic carbocycles. The number of piperazine rings is 1. The van der Waals surface area contributed by atoms with E-state index >= 15 is 0 Å². The zero-order chi connectivity index (χ0) is 18.8. The van der Waals surface area contributed by atoms with Gasteiger partial charge in [-0.2, -0.15) is 0 Å². The lowest BCUT2D eigenvalue weighted by Gasteiger charge is -2.39. The molecular weight excluding hydrogens is 332 g/mol. The highest BCUT2D eigenvalue weighted by Gasteiger charge is 2.41. The summed E-state index contributed by atoms with van der Waals surface area (Å²) >= 11 is 0. The molecule has 0 radical (unpaired) electrons. The summed E-state index contributed by atoms with van der Waals surface area (Å²) in [6, 6.07) is 3.12. The van der Waals surface area contributed by atoms with Gasteiger partial charge in [0, 0.05) is 38.1 Å². The van der Waals surface area contributed by atoms with Crippen LogP contribution in [-0.4, -0.2) is 76.2 Å². The fourth-order valence-electron chi connectivity index (χ4n) is 3.60. The number of nitrogens with zero attached hydrogens (tertiary/aromatic N) is 4. The molecule has 1 atom stereocenters. The number of fused-ring (bicyclic) bond motifs is 1. The molecular formula is C19H26N4O3. The number of hydrogen-bond acceptors (Lipinski definition) is 4. The second-order valence-corrected chi connectivity index (χ2v) is 7.48. The van der Waals surface area contributed by atoms with E-state index in [-0.39, 0.29) is 24.3 Å². The predicted molar refractivity (Wildman–Crippen MR) is 96.4 cm³/mol. The topological polar surface area (TPSA) is 73.8 Å². The first kappa shape index (κ1) is 18.4. The lowest BCUT2D eigenvalue weighted by molar-refractivity contribution is -0.156. The highest BCUT2D eigenvalue weighted by atomic mass is 16.2. The molecule has 26 heavy (non-hydrogen) atoms. The van der Waals surface area contributed by atoms with Crippen molar-refractivity contribution >= 4 is 17.7 Å². The van der Waals surface area contributed by atoms with Gasteiger partial charge in [-0.05, 0) is 31.4 Å². The van der Waals surface area contributed by atoms with Crippen LogP contribution < -0.4 is 0 Å². The molecule has 2 aliphatic heterocycles. The molecule has 3 rings (SSSR count). The van der Waals surface area contributed by atoms with Crippen LogP contribution in [-0.2, 0) is 9.59 Å². The quantitative estimate of drug-likeness (QED) is 0.806. The van der Waals surface area contributed by atoms with Gasteiger partial charge < -0.3 is 14.7 Å². The van der Waals surface area contributed by atoms with Crippen molar-refractivity contribution in [1.82, 2.24) is 19.7 Å². The van der Waals surface area contributed by atoms with Crippen molar-refractivity contribution in [3.05, 3.63) is 29.6 Å². The lowest BCUT2D eigenvalue weighted by Crippen LogP contribution is -2.60. The van der Waals surface area contributed by atoms with Crippen molar-refractivity contribution < 1.29 is 14.4 Å². The maximum Gasteiger partial charge on any atom is 0.255 e. The van der Waals surface area contributed by atoms with Crippen molar-refractivity contribution in [1.29, 1.82) is 0 Å². The maximum absolute atomic E-state index is 12.8. The third-order valence-corrected chi connectivity index (χ3v) is 4.93. The third kappa shape index (κ3) is 3.71. The van der Waals surface area contributed by atoms with Gasteiger partial charge in [-0.1, -0.05) is 13.8 Å². The van der Waals surface area contributed by atoms with Crippen molar-refractivity contribution in [3.63, 3.8) is 0 Å². The lowest BCUT2D eigenvalue weighted by atomic mass is 10.1. The first-order chi connectivity index (χ1) is 12.4. The van der Waals surface area contributed by atoms with Crippen LogP contribution in [0.25, 0.3) is 0 Å². The van der Waals surface area contributed by atoms with Crippen LogP contribution in [0.1, 0.15) is 36.3 Å². The van der Waals surface area contributed by atoms with Gasteiger partial charge in [-0.15, -0.1) is 0 Å². The predicted octanol–water partition coefficient (Wildman–Crippen LogP) is 0.931. The van der Waals surface area contributed by atoms with E-state index < -0.39 is 6.04 Å². The minimum absolute atomic E-state index is 0.00426. The number of amides is 3. The Hall–Kier alpha value is -2.44. The normalized spacial score (nSPS) is 21.1. The molecule has 0 aliphatic carbocycles. The van der Waals surface area contributed by atoms with Crippen LogP contribution in [0, 0.1) is 12.8 Å². The van der Waals surface area contributed by atoms with E-state index in [1.807, 2.05) is 26.8 Å². The van der Waals surface area contributed by atoms with Gasteiger partial charge >= 0.3 is 0 Å². The molecule has 140 valence electrons. The van der Waals surface area contributed by atoms with Gasteiger partial charge in [0.2, 0.25) is 11.8 Å².